The number of nitrogens with two attached hydrogens (primary N) is 1. The molecule has 0 aliphatic rings. The summed E-state index contributed by atoms with van der Waals surface area (Å²) in [5.41, 5.74) is 10.1. The number of aryl methyl sites for hydroxylation is 1. The zero-order valence-electron chi connectivity index (χ0n) is 11.4. The van der Waals surface area contributed by atoms with Gasteiger partial charge in [-0.1, -0.05) is 18.2 Å². The maximum atomic E-state index is 6.02. The van der Waals surface area contributed by atoms with Crippen molar-refractivity contribution in [1.82, 2.24) is 9.97 Å². The van der Waals surface area contributed by atoms with Crippen molar-refractivity contribution >= 4 is 33.1 Å². The Balaban J connectivity index is 1.95. The molecule has 0 radical (unpaired) electrons. The van der Waals surface area contributed by atoms with Gasteiger partial charge in [0, 0.05) is 5.69 Å². The van der Waals surface area contributed by atoms with Crippen molar-refractivity contribution in [2.24, 2.45) is 0 Å². The van der Waals surface area contributed by atoms with Crippen LogP contribution in [0.5, 0.6) is 0 Å². The van der Waals surface area contributed by atoms with Gasteiger partial charge < -0.3 is 11.1 Å². The number of nitrogens with one attached hydrogen (secondary N) is 1. The number of aromatic nitrogens is 2. The van der Waals surface area contributed by atoms with Crippen molar-refractivity contribution in [3.8, 4) is 0 Å². The molecule has 3 N–H and O–H groups in total. The minimum absolute atomic E-state index is 0.0942. The smallest absolute Gasteiger partial charge is 0.147 e. The van der Waals surface area contributed by atoms with Crippen molar-refractivity contribution in [3.05, 3.63) is 47.1 Å². The van der Waals surface area contributed by atoms with Gasteiger partial charge >= 0.3 is 0 Å². The summed E-state index contributed by atoms with van der Waals surface area (Å²) in [6.07, 6.45) is 1.60. The summed E-state index contributed by atoms with van der Waals surface area (Å²) < 4.78 is 1.09. The van der Waals surface area contributed by atoms with Crippen LogP contribution in [-0.4, -0.2) is 9.97 Å². The Hall–Kier alpha value is -2.14. The number of thiophene rings is 1. The number of hydrogen-bond donors (Lipinski definition) is 2. The second-order valence-corrected chi connectivity index (χ2v) is 5.69. The third-order valence-corrected chi connectivity index (χ3v) is 4.44. The predicted octanol–water partition coefficient (Wildman–Crippen LogP) is 3.76. The van der Waals surface area contributed by atoms with Gasteiger partial charge in [0.1, 0.15) is 12.1 Å². The van der Waals surface area contributed by atoms with Crippen LogP contribution in [0.1, 0.15) is 24.1 Å². The minimum Gasteiger partial charge on any atom is -0.398 e. The van der Waals surface area contributed by atoms with Crippen molar-refractivity contribution in [3.63, 3.8) is 0 Å². The highest BCUT2D eigenvalue weighted by Crippen LogP contribution is 2.31. The van der Waals surface area contributed by atoms with E-state index in [9.17, 15) is 0 Å². The topological polar surface area (TPSA) is 63.8 Å². The third-order valence-electron chi connectivity index (χ3n) is 3.35. The molecular formula is C15H16N4S. The molecule has 2 aromatic heterocycles. The van der Waals surface area contributed by atoms with Crippen molar-refractivity contribution in [2.75, 3.05) is 11.1 Å². The van der Waals surface area contributed by atoms with E-state index in [4.69, 9.17) is 5.73 Å². The fraction of sp³-hybridized carbons (Fsp3) is 0.200. The van der Waals surface area contributed by atoms with Gasteiger partial charge in [-0.25, -0.2) is 9.97 Å². The van der Waals surface area contributed by atoms with E-state index >= 15 is 0 Å². The summed E-state index contributed by atoms with van der Waals surface area (Å²) in [4.78, 5) is 8.70. The van der Waals surface area contributed by atoms with Gasteiger partial charge in [0.25, 0.3) is 0 Å². The molecule has 1 aromatic carbocycles. The second kappa shape index (κ2) is 5.09. The number of para-hydroxylation sites is 1. The molecule has 0 spiro atoms. The Morgan fingerprint density at radius 1 is 1.25 bits per heavy atom. The maximum absolute atomic E-state index is 6.02. The van der Waals surface area contributed by atoms with E-state index in [1.807, 2.05) is 24.3 Å². The van der Waals surface area contributed by atoms with Crippen molar-refractivity contribution < 1.29 is 0 Å². The van der Waals surface area contributed by atoms with Crippen LogP contribution in [0.4, 0.5) is 11.5 Å². The SMILES string of the molecule is Cc1csc2c(NC(C)c3ccccc3N)ncnc12. The van der Waals surface area contributed by atoms with E-state index in [-0.39, 0.29) is 6.04 Å². The molecule has 0 amide bonds. The van der Waals surface area contributed by atoms with E-state index < -0.39 is 0 Å². The van der Waals surface area contributed by atoms with Crippen LogP contribution >= 0.6 is 11.3 Å². The average Bonchev–Trinajstić information content (AvgIpc) is 2.82. The first-order valence-corrected chi connectivity index (χ1v) is 7.34. The Morgan fingerprint density at radius 2 is 2.05 bits per heavy atom. The van der Waals surface area contributed by atoms with Crippen LogP contribution in [-0.2, 0) is 0 Å². The number of nitrogen functional groups attached to an aromatic ring is 1. The molecule has 102 valence electrons. The molecule has 0 fully saturated rings. The molecule has 0 aliphatic heterocycles. The number of benzene rings is 1. The summed E-state index contributed by atoms with van der Waals surface area (Å²) in [6.45, 7) is 4.15. The summed E-state index contributed by atoms with van der Waals surface area (Å²) in [5.74, 6) is 0.865. The standard InChI is InChI=1S/C15H16N4S/c1-9-7-20-14-13(9)17-8-18-15(14)19-10(2)11-5-3-4-6-12(11)16/h3-8,10H,16H2,1-2H3,(H,17,18,19). The monoisotopic (exact) mass is 284 g/mol. The number of hydrogen-bond acceptors (Lipinski definition) is 5. The van der Waals surface area contributed by atoms with Crippen LogP contribution in [0.3, 0.4) is 0 Å². The summed E-state index contributed by atoms with van der Waals surface area (Å²) in [6, 6.07) is 7.98. The van der Waals surface area contributed by atoms with Crippen LogP contribution in [0, 0.1) is 6.92 Å². The first-order valence-electron chi connectivity index (χ1n) is 6.46. The fourth-order valence-electron chi connectivity index (χ4n) is 2.26. The number of anilines is 2. The van der Waals surface area contributed by atoms with Gasteiger partial charge in [-0.15, -0.1) is 11.3 Å². The first kappa shape index (κ1) is 12.9. The number of fused-ring (bicyclic) bond motifs is 1. The largest absolute Gasteiger partial charge is 0.398 e. The normalized spacial score (nSPS) is 12.5. The highest BCUT2D eigenvalue weighted by atomic mass is 32.1. The van der Waals surface area contributed by atoms with E-state index in [0.717, 1.165) is 27.3 Å². The highest BCUT2D eigenvalue weighted by Gasteiger charge is 2.13. The molecule has 0 saturated carbocycles. The second-order valence-electron chi connectivity index (χ2n) is 4.81. The van der Waals surface area contributed by atoms with Crippen LogP contribution in [0.2, 0.25) is 0 Å². The van der Waals surface area contributed by atoms with Crippen LogP contribution in [0.25, 0.3) is 10.2 Å². The number of nitrogens with zero attached hydrogens (tertiary/aromatic N) is 2. The highest BCUT2D eigenvalue weighted by molar-refractivity contribution is 7.18. The first-order chi connectivity index (χ1) is 9.66. The lowest BCUT2D eigenvalue weighted by Crippen LogP contribution is -2.10. The fourth-order valence-corrected chi connectivity index (χ4v) is 3.22. The zero-order chi connectivity index (χ0) is 14.1. The third kappa shape index (κ3) is 2.20. The minimum atomic E-state index is 0.0942. The molecular weight excluding hydrogens is 268 g/mol. The maximum Gasteiger partial charge on any atom is 0.147 e. The quantitative estimate of drug-likeness (QED) is 0.719. The summed E-state index contributed by atoms with van der Waals surface area (Å²) >= 11 is 1.66. The molecule has 20 heavy (non-hydrogen) atoms. The Kier molecular flexibility index (Phi) is 3.28. The molecule has 0 aliphatic carbocycles. The van der Waals surface area contributed by atoms with E-state index in [1.54, 1.807) is 17.7 Å². The predicted molar refractivity (Wildman–Crippen MR) is 85.0 cm³/mol. The van der Waals surface area contributed by atoms with Crippen LogP contribution in [0.15, 0.2) is 36.0 Å². The summed E-state index contributed by atoms with van der Waals surface area (Å²) in [5, 5.41) is 5.54. The van der Waals surface area contributed by atoms with Gasteiger partial charge in [0.15, 0.2) is 0 Å². The lowest BCUT2D eigenvalue weighted by molar-refractivity contribution is 0.879. The van der Waals surface area contributed by atoms with Crippen molar-refractivity contribution in [1.29, 1.82) is 0 Å². The zero-order valence-corrected chi connectivity index (χ0v) is 12.2. The van der Waals surface area contributed by atoms with Gasteiger partial charge in [-0.05, 0) is 36.4 Å². The lowest BCUT2D eigenvalue weighted by atomic mass is 10.1. The Morgan fingerprint density at radius 3 is 2.85 bits per heavy atom. The summed E-state index contributed by atoms with van der Waals surface area (Å²) in [7, 11) is 0. The van der Waals surface area contributed by atoms with E-state index in [0.29, 0.717) is 0 Å². The van der Waals surface area contributed by atoms with E-state index in [2.05, 4.69) is 34.5 Å². The van der Waals surface area contributed by atoms with E-state index in [1.165, 1.54) is 5.56 Å². The molecule has 0 bridgehead atoms. The van der Waals surface area contributed by atoms with Gasteiger partial charge in [-0.3, -0.25) is 0 Å². The van der Waals surface area contributed by atoms with Crippen LogP contribution < -0.4 is 11.1 Å². The molecule has 3 aromatic rings. The average molecular weight is 284 g/mol. The molecule has 4 nitrogen and oxygen atoms in total. The van der Waals surface area contributed by atoms with Gasteiger partial charge in [0.2, 0.25) is 0 Å². The molecule has 1 unspecified atom stereocenters. The van der Waals surface area contributed by atoms with Crippen molar-refractivity contribution in [2.45, 2.75) is 19.9 Å². The number of rotatable bonds is 3. The molecule has 3 rings (SSSR count). The van der Waals surface area contributed by atoms with Gasteiger partial charge in [-0.2, -0.15) is 0 Å². The molecule has 1 atom stereocenters. The molecule has 2 heterocycles. The lowest BCUT2D eigenvalue weighted by Gasteiger charge is -2.17. The Bertz CT molecular complexity index is 750. The van der Waals surface area contributed by atoms with Gasteiger partial charge in [0.05, 0.1) is 16.3 Å². The molecule has 0 saturated heterocycles. The molecule has 5 heteroatoms. The Labute approximate surface area is 121 Å².